The maximum Gasteiger partial charge on any atom is 0.355 e. The van der Waals surface area contributed by atoms with Crippen LogP contribution in [0.3, 0.4) is 0 Å². The number of hydrogen-bond acceptors (Lipinski definition) is 5. The molecule has 0 fully saturated rings. The Kier molecular flexibility index (Phi) is 2.14. The molecule has 2 rings (SSSR count). The third-order valence-corrected chi connectivity index (χ3v) is 2.07. The van der Waals surface area contributed by atoms with Gasteiger partial charge in [-0.25, -0.2) is 14.8 Å². The van der Waals surface area contributed by atoms with Crippen molar-refractivity contribution in [3.05, 3.63) is 29.5 Å². The minimum atomic E-state index is -1.20. The molecule has 0 aliphatic heterocycles. The second kappa shape index (κ2) is 3.47. The van der Waals surface area contributed by atoms with Crippen LogP contribution in [-0.2, 0) is 0 Å². The van der Waals surface area contributed by atoms with Crippen molar-refractivity contribution in [2.75, 3.05) is 5.73 Å². The number of carboxylic acid groups (broad SMARTS) is 1. The fourth-order valence-corrected chi connectivity index (χ4v) is 1.42. The Morgan fingerprint density at radius 2 is 2.19 bits per heavy atom. The number of carbonyl (C=O) groups is 1. The van der Waals surface area contributed by atoms with E-state index in [0.717, 1.165) is 0 Å². The van der Waals surface area contributed by atoms with Gasteiger partial charge in [-0.1, -0.05) is 12.1 Å². The van der Waals surface area contributed by atoms with Crippen LogP contribution in [0.4, 0.5) is 5.95 Å². The third kappa shape index (κ3) is 1.40. The van der Waals surface area contributed by atoms with Gasteiger partial charge in [0.15, 0.2) is 5.69 Å². The second-order valence-corrected chi connectivity index (χ2v) is 3.05. The van der Waals surface area contributed by atoms with Gasteiger partial charge in [-0.2, -0.15) is 5.26 Å². The molecule has 0 saturated heterocycles. The number of fused-ring (bicyclic) bond motifs is 1. The molecule has 0 unspecified atom stereocenters. The van der Waals surface area contributed by atoms with Gasteiger partial charge >= 0.3 is 5.97 Å². The monoisotopic (exact) mass is 214 g/mol. The summed E-state index contributed by atoms with van der Waals surface area (Å²) >= 11 is 0. The predicted molar refractivity (Wildman–Crippen MR) is 55.6 cm³/mol. The Hall–Kier alpha value is -2.68. The Morgan fingerprint density at radius 3 is 2.81 bits per heavy atom. The van der Waals surface area contributed by atoms with Gasteiger partial charge < -0.3 is 10.8 Å². The van der Waals surface area contributed by atoms with Gasteiger partial charge in [-0.05, 0) is 6.07 Å². The van der Waals surface area contributed by atoms with Crippen molar-refractivity contribution in [3.63, 3.8) is 0 Å². The lowest BCUT2D eigenvalue weighted by Crippen LogP contribution is -2.07. The van der Waals surface area contributed by atoms with Crippen LogP contribution in [0, 0.1) is 11.3 Å². The summed E-state index contributed by atoms with van der Waals surface area (Å²) in [4.78, 5) is 18.4. The third-order valence-electron chi connectivity index (χ3n) is 2.07. The summed E-state index contributed by atoms with van der Waals surface area (Å²) in [6.07, 6.45) is 0. The lowest BCUT2D eigenvalue weighted by atomic mass is 10.1. The molecule has 0 aliphatic rings. The molecule has 0 spiro atoms. The largest absolute Gasteiger partial charge is 0.476 e. The van der Waals surface area contributed by atoms with Crippen LogP contribution >= 0.6 is 0 Å². The van der Waals surface area contributed by atoms with Gasteiger partial charge in [0.2, 0.25) is 5.95 Å². The fourth-order valence-electron chi connectivity index (χ4n) is 1.42. The summed E-state index contributed by atoms with van der Waals surface area (Å²) in [5.41, 5.74) is 5.73. The number of aromatic nitrogens is 2. The van der Waals surface area contributed by atoms with Crippen LogP contribution in [0.1, 0.15) is 16.1 Å². The van der Waals surface area contributed by atoms with Crippen LogP contribution in [-0.4, -0.2) is 21.0 Å². The van der Waals surface area contributed by atoms with E-state index in [1.54, 1.807) is 18.2 Å². The first-order valence-corrected chi connectivity index (χ1v) is 4.33. The Bertz CT molecular complexity index is 630. The van der Waals surface area contributed by atoms with Crippen LogP contribution in [0.5, 0.6) is 0 Å². The SMILES string of the molecule is N#Cc1cccc2c(C(=O)O)nc(N)nc12. The number of carboxylic acids is 1. The van der Waals surface area contributed by atoms with E-state index < -0.39 is 5.97 Å². The van der Waals surface area contributed by atoms with E-state index in [9.17, 15) is 4.79 Å². The molecule has 0 bridgehead atoms. The van der Waals surface area contributed by atoms with E-state index in [0.29, 0.717) is 5.39 Å². The van der Waals surface area contributed by atoms with E-state index in [1.807, 2.05) is 6.07 Å². The zero-order valence-electron chi connectivity index (χ0n) is 8.01. The summed E-state index contributed by atoms with van der Waals surface area (Å²) in [6.45, 7) is 0. The number of nitrogens with zero attached hydrogens (tertiary/aromatic N) is 3. The number of benzene rings is 1. The number of para-hydroxylation sites is 1. The van der Waals surface area contributed by atoms with Gasteiger partial charge in [-0.15, -0.1) is 0 Å². The van der Waals surface area contributed by atoms with Crippen molar-refractivity contribution in [3.8, 4) is 6.07 Å². The van der Waals surface area contributed by atoms with E-state index in [1.165, 1.54) is 0 Å². The average Bonchev–Trinajstić information content (AvgIpc) is 2.27. The number of nitriles is 1. The van der Waals surface area contributed by atoms with Gasteiger partial charge in [0, 0.05) is 5.39 Å². The number of hydrogen-bond donors (Lipinski definition) is 2. The van der Waals surface area contributed by atoms with Crippen LogP contribution in [0.15, 0.2) is 18.2 Å². The lowest BCUT2D eigenvalue weighted by Gasteiger charge is -2.03. The van der Waals surface area contributed by atoms with E-state index >= 15 is 0 Å². The lowest BCUT2D eigenvalue weighted by molar-refractivity contribution is 0.0693. The van der Waals surface area contributed by atoms with Crippen LogP contribution in [0.2, 0.25) is 0 Å². The number of aromatic carboxylic acids is 1. The maximum absolute atomic E-state index is 10.9. The topological polar surface area (TPSA) is 113 Å². The van der Waals surface area contributed by atoms with E-state index in [2.05, 4.69) is 9.97 Å². The minimum absolute atomic E-state index is 0.160. The molecule has 3 N–H and O–H groups in total. The smallest absolute Gasteiger partial charge is 0.355 e. The average molecular weight is 214 g/mol. The van der Waals surface area contributed by atoms with Gasteiger partial charge in [0.05, 0.1) is 11.1 Å². The van der Waals surface area contributed by atoms with E-state index in [4.69, 9.17) is 16.1 Å². The molecule has 78 valence electrons. The summed E-state index contributed by atoms with van der Waals surface area (Å²) in [5, 5.41) is 18.1. The standard InChI is InChI=1S/C10H6N4O2/c11-4-5-2-1-3-6-7(5)13-10(12)14-8(6)9(15)16/h1-3H,(H,15,16)(H2,12,13,14). The Morgan fingerprint density at radius 1 is 1.44 bits per heavy atom. The molecule has 2 aromatic rings. The highest BCUT2D eigenvalue weighted by molar-refractivity contribution is 6.02. The van der Waals surface area contributed by atoms with Crippen LogP contribution < -0.4 is 5.73 Å². The summed E-state index contributed by atoms with van der Waals surface area (Å²) < 4.78 is 0. The Labute approximate surface area is 90.0 Å². The molecular weight excluding hydrogens is 208 g/mol. The first kappa shape index (κ1) is 9.86. The summed E-state index contributed by atoms with van der Waals surface area (Å²) in [5.74, 6) is -1.36. The van der Waals surface area contributed by atoms with Crippen molar-refractivity contribution in [2.45, 2.75) is 0 Å². The fraction of sp³-hybridized carbons (Fsp3) is 0. The van der Waals surface area contributed by atoms with Crippen molar-refractivity contribution in [1.82, 2.24) is 9.97 Å². The van der Waals surface area contributed by atoms with Crippen LogP contribution in [0.25, 0.3) is 10.9 Å². The molecule has 1 aromatic heterocycles. The predicted octanol–water partition coefficient (Wildman–Crippen LogP) is 0.782. The zero-order chi connectivity index (χ0) is 11.7. The molecule has 1 heterocycles. The number of anilines is 1. The maximum atomic E-state index is 10.9. The highest BCUT2D eigenvalue weighted by Gasteiger charge is 2.14. The van der Waals surface area contributed by atoms with Crippen molar-refractivity contribution < 1.29 is 9.90 Å². The Balaban J connectivity index is 2.95. The number of rotatable bonds is 1. The highest BCUT2D eigenvalue weighted by atomic mass is 16.4. The van der Waals surface area contributed by atoms with Crippen molar-refractivity contribution in [1.29, 1.82) is 5.26 Å². The molecule has 0 radical (unpaired) electrons. The van der Waals surface area contributed by atoms with Gasteiger partial charge in [0.1, 0.15) is 6.07 Å². The summed E-state index contributed by atoms with van der Waals surface area (Å²) in [7, 11) is 0. The molecule has 6 heteroatoms. The molecule has 0 saturated carbocycles. The second-order valence-electron chi connectivity index (χ2n) is 3.05. The molecule has 0 amide bonds. The summed E-state index contributed by atoms with van der Waals surface area (Å²) in [6, 6.07) is 6.58. The first-order valence-electron chi connectivity index (χ1n) is 4.33. The van der Waals surface area contributed by atoms with Gasteiger partial charge in [0.25, 0.3) is 0 Å². The van der Waals surface area contributed by atoms with E-state index in [-0.39, 0.29) is 22.7 Å². The zero-order valence-corrected chi connectivity index (χ0v) is 8.01. The molecule has 1 aromatic carbocycles. The van der Waals surface area contributed by atoms with Gasteiger partial charge in [-0.3, -0.25) is 0 Å². The highest BCUT2D eigenvalue weighted by Crippen LogP contribution is 2.19. The molecule has 6 nitrogen and oxygen atoms in total. The molecule has 16 heavy (non-hydrogen) atoms. The quantitative estimate of drug-likeness (QED) is 0.725. The van der Waals surface area contributed by atoms with Crippen molar-refractivity contribution in [2.24, 2.45) is 0 Å². The molecule has 0 atom stereocenters. The normalized spacial score (nSPS) is 9.94. The molecular formula is C10H6N4O2. The minimum Gasteiger partial charge on any atom is -0.476 e. The number of nitrogen functional groups attached to an aromatic ring is 1. The molecule has 0 aliphatic carbocycles. The number of nitrogens with two attached hydrogens (primary N) is 1. The first-order chi connectivity index (χ1) is 7.63. The van der Waals surface area contributed by atoms with Crippen molar-refractivity contribution >= 4 is 22.8 Å².